The van der Waals surface area contributed by atoms with Gasteiger partial charge in [-0.15, -0.1) is 0 Å². The van der Waals surface area contributed by atoms with Crippen LogP contribution in [0.25, 0.3) is 11.4 Å². The molecule has 1 aromatic heterocycles. The number of benzene rings is 2. The third kappa shape index (κ3) is 3.90. The van der Waals surface area contributed by atoms with E-state index in [-0.39, 0.29) is 11.5 Å². The van der Waals surface area contributed by atoms with Crippen LogP contribution in [0.1, 0.15) is 40.9 Å². The second kappa shape index (κ2) is 8.46. The van der Waals surface area contributed by atoms with E-state index in [9.17, 15) is 9.18 Å². The second-order valence-corrected chi connectivity index (χ2v) is 8.17. The summed E-state index contributed by atoms with van der Waals surface area (Å²) in [6.45, 7) is 2.84. The Balaban J connectivity index is 1.53. The van der Waals surface area contributed by atoms with Crippen molar-refractivity contribution in [2.75, 3.05) is 24.5 Å². The van der Waals surface area contributed by atoms with Crippen molar-refractivity contribution in [1.29, 1.82) is 0 Å². The zero-order valence-corrected chi connectivity index (χ0v) is 17.4. The van der Waals surface area contributed by atoms with Gasteiger partial charge in [0.15, 0.2) is 5.82 Å². The molecule has 0 saturated carbocycles. The number of hydrogen-bond donors (Lipinski definition) is 0. The summed E-state index contributed by atoms with van der Waals surface area (Å²) in [5, 5.41) is 0. The molecule has 2 aliphatic rings. The van der Waals surface area contributed by atoms with Crippen molar-refractivity contribution in [2.45, 2.75) is 32.2 Å². The first-order valence-electron chi connectivity index (χ1n) is 10.9. The Labute approximate surface area is 181 Å². The summed E-state index contributed by atoms with van der Waals surface area (Å²) in [4.78, 5) is 26.9. The smallest absolute Gasteiger partial charge is 0.257 e. The van der Waals surface area contributed by atoms with Crippen LogP contribution in [0.4, 0.5) is 10.2 Å². The highest BCUT2D eigenvalue weighted by Crippen LogP contribution is 2.31. The van der Waals surface area contributed by atoms with Crippen LogP contribution in [0.5, 0.6) is 0 Å². The van der Waals surface area contributed by atoms with Gasteiger partial charge in [-0.3, -0.25) is 4.79 Å². The van der Waals surface area contributed by atoms with Crippen molar-refractivity contribution in [1.82, 2.24) is 14.9 Å². The van der Waals surface area contributed by atoms with Crippen LogP contribution in [0.3, 0.4) is 0 Å². The number of amides is 1. The molecule has 31 heavy (non-hydrogen) atoms. The molecule has 0 aliphatic carbocycles. The Morgan fingerprint density at radius 3 is 2.39 bits per heavy atom. The first-order valence-corrected chi connectivity index (χ1v) is 10.9. The molecule has 3 heterocycles. The molecule has 0 N–H and O–H groups in total. The van der Waals surface area contributed by atoms with Crippen molar-refractivity contribution in [3.63, 3.8) is 0 Å². The molecule has 5 rings (SSSR count). The number of hydrogen-bond acceptors (Lipinski definition) is 4. The van der Waals surface area contributed by atoms with E-state index in [1.165, 1.54) is 12.5 Å². The van der Waals surface area contributed by atoms with Crippen LogP contribution in [-0.4, -0.2) is 40.4 Å². The zero-order chi connectivity index (χ0) is 21.2. The van der Waals surface area contributed by atoms with E-state index in [0.29, 0.717) is 19.5 Å². The van der Waals surface area contributed by atoms with Crippen molar-refractivity contribution in [3.05, 3.63) is 77.2 Å². The molecular weight excluding hydrogens is 391 g/mol. The largest absolute Gasteiger partial charge is 0.356 e. The highest BCUT2D eigenvalue weighted by molar-refractivity contribution is 5.94. The SMILES string of the molecule is O=C(c1ccccc1F)N1CCc2nc(-c3ccccc3)nc(N3CCCCC3)c2C1. The number of anilines is 1. The topological polar surface area (TPSA) is 49.3 Å². The van der Waals surface area contributed by atoms with Crippen LogP contribution in [0.15, 0.2) is 54.6 Å². The van der Waals surface area contributed by atoms with Gasteiger partial charge in [-0.2, -0.15) is 0 Å². The zero-order valence-electron chi connectivity index (χ0n) is 17.4. The standard InChI is InChI=1S/C25H25FN4O/c26-21-12-6-5-11-19(21)25(31)30-16-13-22-20(17-30)24(29-14-7-2-8-15-29)28-23(27-22)18-9-3-1-4-10-18/h1,3-6,9-12H,2,7-8,13-17H2. The second-order valence-electron chi connectivity index (χ2n) is 8.17. The summed E-state index contributed by atoms with van der Waals surface area (Å²) in [5.74, 6) is 0.897. The van der Waals surface area contributed by atoms with Gasteiger partial charge >= 0.3 is 0 Å². The molecule has 1 fully saturated rings. The normalized spacial score (nSPS) is 16.2. The number of halogens is 1. The van der Waals surface area contributed by atoms with Crippen LogP contribution >= 0.6 is 0 Å². The van der Waals surface area contributed by atoms with E-state index in [0.717, 1.165) is 54.4 Å². The number of nitrogens with zero attached hydrogens (tertiary/aromatic N) is 4. The Morgan fingerprint density at radius 1 is 0.871 bits per heavy atom. The molecule has 2 aliphatic heterocycles. The molecule has 6 heteroatoms. The van der Waals surface area contributed by atoms with Gasteiger partial charge in [-0.1, -0.05) is 42.5 Å². The fourth-order valence-electron chi connectivity index (χ4n) is 4.46. The number of aromatic nitrogens is 2. The fourth-order valence-corrected chi connectivity index (χ4v) is 4.46. The Morgan fingerprint density at radius 2 is 1.61 bits per heavy atom. The molecule has 0 radical (unpaired) electrons. The summed E-state index contributed by atoms with van der Waals surface area (Å²) in [7, 11) is 0. The molecule has 1 amide bonds. The monoisotopic (exact) mass is 416 g/mol. The van der Waals surface area contributed by atoms with E-state index in [1.54, 1.807) is 23.1 Å². The maximum atomic E-state index is 14.2. The maximum Gasteiger partial charge on any atom is 0.257 e. The number of piperidine rings is 1. The third-order valence-corrected chi connectivity index (χ3v) is 6.12. The van der Waals surface area contributed by atoms with Crippen molar-refractivity contribution < 1.29 is 9.18 Å². The Bertz CT molecular complexity index is 1100. The molecule has 0 unspecified atom stereocenters. The minimum absolute atomic E-state index is 0.118. The van der Waals surface area contributed by atoms with Gasteiger partial charge in [-0.25, -0.2) is 14.4 Å². The summed E-state index contributed by atoms with van der Waals surface area (Å²) >= 11 is 0. The van der Waals surface area contributed by atoms with Gasteiger partial charge < -0.3 is 9.80 Å². The predicted molar refractivity (Wildman–Crippen MR) is 118 cm³/mol. The lowest BCUT2D eigenvalue weighted by atomic mass is 10.0. The van der Waals surface area contributed by atoms with E-state index in [1.807, 2.05) is 30.3 Å². The molecule has 158 valence electrons. The Kier molecular flexibility index (Phi) is 5.37. The quantitative estimate of drug-likeness (QED) is 0.632. The molecule has 0 bridgehead atoms. The van der Waals surface area contributed by atoms with Crippen molar-refractivity contribution in [2.24, 2.45) is 0 Å². The summed E-state index contributed by atoms with van der Waals surface area (Å²) in [6.07, 6.45) is 4.14. The number of fused-ring (bicyclic) bond motifs is 1. The average molecular weight is 417 g/mol. The first-order chi connectivity index (χ1) is 15.2. The molecule has 3 aromatic rings. The van der Waals surface area contributed by atoms with Crippen LogP contribution in [-0.2, 0) is 13.0 Å². The highest BCUT2D eigenvalue weighted by atomic mass is 19.1. The van der Waals surface area contributed by atoms with E-state index < -0.39 is 5.82 Å². The molecular formula is C25H25FN4O. The van der Waals surface area contributed by atoms with E-state index >= 15 is 0 Å². The lowest BCUT2D eigenvalue weighted by Crippen LogP contribution is -2.39. The predicted octanol–water partition coefficient (Wildman–Crippen LogP) is 4.47. The number of carbonyl (C=O) groups is 1. The number of carbonyl (C=O) groups excluding carboxylic acids is 1. The van der Waals surface area contributed by atoms with Gasteiger partial charge in [0, 0.05) is 37.2 Å². The average Bonchev–Trinajstić information content (AvgIpc) is 2.84. The molecule has 2 aromatic carbocycles. The molecule has 0 atom stereocenters. The van der Waals surface area contributed by atoms with Gasteiger partial charge in [0.1, 0.15) is 11.6 Å². The van der Waals surface area contributed by atoms with Crippen LogP contribution in [0.2, 0.25) is 0 Å². The highest BCUT2D eigenvalue weighted by Gasteiger charge is 2.29. The minimum Gasteiger partial charge on any atom is -0.356 e. The summed E-state index contributed by atoms with van der Waals surface area (Å²) in [6, 6.07) is 16.2. The van der Waals surface area contributed by atoms with Crippen molar-refractivity contribution >= 4 is 11.7 Å². The molecule has 0 spiro atoms. The summed E-state index contributed by atoms with van der Waals surface area (Å²) in [5.41, 5.74) is 3.10. The van der Waals surface area contributed by atoms with Crippen LogP contribution < -0.4 is 4.90 Å². The lowest BCUT2D eigenvalue weighted by Gasteiger charge is -2.34. The van der Waals surface area contributed by atoms with Crippen LogP contribution in [0, 0.1) is 5.82 Å². The van der Waals surface area contributed by atoms with Gasteiger partial charge in [-0.05, 0) is 31.4 Å². The minimum atomic E-state index is -0.481. The van der Waals surface area contributed by atoms with Crippen molar-refractivity contribution in [3.8, 4) is 11.4 Å². The maximum absolute atomic E-state index is 14.2. The Hall–Kier alpha value is -3.28. The van der Waals surface area contributed by atoms with E-state index in [2.05, 4.69) is 4.90 Å². The summed E-state index contributed by atoms with van der Waals surface area (Å²) < 4.78 is 14.2. The first kappa shape index (κ1) is 19.7. The lowest BCUT2D eigenvalue weighted by molar-refractivity contribution is 0.0729. The molecule has 1 saturated heterocycles. The third-order valence-electron chi connectivity index (χ3n) is 6.12. The number of rotatable bonds is 3. The van der Waals surface area contributed by atoms with Gasteiger partial charge in [0.05, 0.1) is 17.8 Å². The van der Waals surface area contributed by atoms with Gasteiger partial charge in [0.25, 0.3) is 5.91 Å². The van der Waals surface area contributed by atoms with Gasteiger partial charge in [0.2, 0.25) is 0 Å². The van der Waals surface area contributed by atoms with E-state index in [4.69, 9.17) is 9.97 Å². The molecule has 5 nitrogen and oxygen atoms in total. The fraction of sp³-hybridized carbons (Fsp3) is 0.320.